The Morgan fingerprint density at radius 1 is 1.53 bits per heavy atom. The molecule has 0 saturated carbocycles. The van der Waals surface area contributed by atoms with Crippen molar-refractivity contribution in [1.29, 1.82) is 0 Å². The number of carbonyl (C=O) groups is 1. The zero-order valence-electron chi connectivity index (χ0n) is 10.7. The summed E-state index contributed by atoms with van der Waals surface area (Å²) >= 11 is 0. The van der Waals surface area contributed by atoms with Gasteiger partial charge in [0.05, 0.1) is 11.3 Å². The second-order valence-electron chi connectivity index (χ2n) is 4.26. The third-order valence-electron chi connectivity index (χ3n) is 2.44. The minimum atomic E-state index is -3.63. The monoisotopic (exact) mass is 283 g/mol. The number of aliphatic carboxylic acids is 1. The predicted molar refractivity (Wildman–Crippen MR) is 72.4 cm³/mol. The molecule has 19 heavy (non-hydrogen) atoms. The van der Waals surface area contributed by atoms with Gasteiger partial charge in [-0.25, -0.2) is 13.1 Å². The van der Waals surface area contributed by atoms with Crippen LogP contribution in [0.2, 0.25) is 0 Å². The van der Waals surface area contributed by atoms with Crippen LogP contribution < -0.4 is 4.72 Å². The molecule has 0 radical (unpaired) electrons. The molecule has 0 amide bonds. The topological polar surface area (TPSA) is 83.5 Å². The number of hydrogen-bond donors (Lipinski definition) is 2. The fourth-order valence-electron chi connectivity index (χ4n) is 1.63. The molecule has 1 atom stereocenters. The van der Waals surface area contributed by atoms with Crippen molar-refractivity contribution in [3.05, 3.63) is 42.5 Å². The largest absolute Gasteiger partial charge is 0.481 e. The predicted octanol–water partition coefficient (Wildman–Crippen LogP) is 1.56. The van der Waals surface area contributed by atoms with E-state index in [0.717, 1.165) is 0 Å². The standard InChI is InChI=1S/C13H17NO4S/c1-3-5-10(2)14-19(17,18)12-7-4-6-11(8-12)9-13(15)16/h3-4,6-8,10,14H,1,5,9H2,2H3,(H,15,16). The van der Waals surface area contributed by atoms with E-state index in [2.05, 4.69) is 11.3 Å². The van der Waals surface area contributed by atoms with Gasteiger partial charge in [-0.3, -0.25) is 4.79 Å². The molecule has 1 rings (SSSR count). The Kier molecular flexibility index (Phi) is 5.26. The Morgan fingerprint density at radius 3 is 2.79 bits per heavy atom. The van der Waals surface area contributed by atoms with Crippen LogP contribution in [-0.4, -0.2) is 25.5 Å². The van der Waals surface area contributed by atoms with Crippen LogP contribution in [0.1, 0.15) is 18.9 Å². The van der Waals surface area contributed by atoms with Gasteiger partial charge in [0.25, 0.3) is 0 Å². The van der Waals surface area contributed by atoms with Crippen LogP contribution in [0.15, 0.2) is 41.8 Å². The van der Waals surface area contributed by atoms with Crippen LogP contribution in [0.25, 0.3) is 0 Å². The fraction of sp³-hybridized carbons (Fsp3) is 0.308. The smallest absolute Gasteiger partial charge is 0.307 e. The molecule has 0 heterocycles. The third kappa shape index (κ3) is 4.84. The van der Waals surface area contributed by atoms with E-state index < -0.39 is 16.0 Å². The van der Waals surface area contributed by atoms with E-state index in [4.69, 9.17) is 5.11 Å². The molecule has 0 aromatic heterocycles. The summed E-state index contributed by atoms with van der Waals surface area (Å²) in [7, 11) is -3.63. The lowest BCUT2D eigenvalue weighted by atomic mass is 10.2. The molecule has 0 aliphatic heterocycles. The van der Waals surface area contributed by atoms with Gasteiger partial charge in [0, 0.05) is 6.04 Å². The van der Waals surface area contributed by atoms with Crippen LogP contribution in [-0.2, 0) is 21.2 Å². The van der Waals surface area contributed by atoms with Gasteiger partial charge >= 0.3 is 5.97 Å². The summed E-state index contributed by atoms with van der Waals surface area (Å²) in [5.74, 6) is -0.998. The molecule has 1 aromatic carbocycles. The average molecular weight is 283 g/mol. The van der Waals surface area contributed by atoms with Crippen molar-refractivity contribution < 1.29 is 18.3 Å². The molecule has 1 aromatic rings. The van der Waals surface area contributed by atoms with Gasteiger partial charge in [-0.1, -0.05) is 18.2 Å². The molecular weight excluding hydrogens is 266 g/mol. The normalized spacial score (nSPS) is 12.9. The lowest BCUT2D eigenvalue weighted by molar-refractivity contribution is -0.136. The highest BCUT2D eigenvalue weighted by atomic mass is 32.2. The Bertz CT molecular complexity index is 566. The first-order valence-corrected chi connectivity index (χ1v) is 7.27. The maximum Gasteiger partial charge on any atom is 0.307 e. The van der Waals surface area contributed by atoms with Crippen LogP contribution in [0.3, 0.4) is 0 Å². The van der Waals surface area contributed by atoms with Crippen molar-refractivity contribution >= 4 is 16.0 Å². The summed E-state index contributed by atoms with van der Waals surface area (Å²) in [5, 5.41) is 8.70. The van der Waals surface area contributed by atoms with Crippen molar-refractivity contribution in [3.63, 3.8) is 0 Å². The molecule has 6 heteroatoms. The van der Waals surface area contributed by atoms with E-state index in [0.29, 0.717) is 12.0 Å². The summed E-state index contributed by atoms with van der Waals surface area (Å²) < 4.78 is 26.6. The molecule has 0 saturated heterocycles. The lowest BCUT2D eigenvalue weighted by Gasteiger charge is -2.12. The lowest BCUT2D eigenvalue weighted by Crippen LogP contribution is -2.32. The van der Waals surface area contributed by atoms with Crippen LogP contribution in [0.4, 0.5) is 0 Å². The van der Waals surface area contributed by atoms with Gasteiger partial charge in [-0.05, 0) is 31.0 Å². The van der Waals surface area contributed by atoms with Crippen LogP contribution >= 0.6 is 0 Å². The number of hydrogen-bond acceptors (Lipinski definition) is 3. The summed E-state index contributed by atoms with van der Waals surface area (Å²) in [5.41, 5.74) is 0.451. The van der Waals surface area contributed by atoms with E-state index in [1.807, 2.05) is 0 Å². The quantitative estimate of drug-likeness (QED) is 0.744. The van der Waals surface area contributed by atoms with Crippen molar-refractivity contribution in [2.24, 2.45) is 0 Å². The number of carboxylic acid groups (broad SMARTS) is 1. The Labute approximate surface area is 113 Å². The molecule has 2 N–H and O–H groups in total. The van der Waals surface area contributed by atoms with Gasteiger partial charge in [0.15, 0.2) is 0 Å². The van der Waals surface area contributed by atoms with E-state index in [1.54, 1.807) is 19.1 Å². The first kappa shape index (κ1) is 15.4. The van der Waals surface area contributed by atoms with Crippen LogP contribution in [0.5, 0.6) is 0 Å². The van der Waals surface area contributed by atoms with Gasteiger partial charge in [0.2, 0.25) is 10.0 Å². The molecule has 0 fully saturated rings. The number of sulfonamides is 1. The number of benzene rings is 1. The molecule has 0 aliphatic rings. The second kappa shape index (κ2) is 6.49. The SMILES string of the molecule is C=CCC(C)NS(=O)(=O)c1cccc(CC(=O)O)c1. The highest BCUT2D eigenvalue weighted by Crippen LogP contribution is 2.13. The van der Waals surface area contributed by atoms with Crippen molar-refractivity contribution in [1.82, 2.24) is 4.72 Å². The Balaban J connectivity index is 2.94. The highest BCUT2D eigenvalue weighted by molar-refractivity contribution is 7.89. The molecule has 104 valence electrons. The molecule has 5 nitrogen and oxygen atoms in total. The molecular formula is C13H17NO4S. The number of carboxylic acids is 1. The fourth-order valence-corrected chi connectivity index (χ4v) is 2.95. The van der Waals surface area contributed by atoms with Gasteiger partial charge in [0.1, 0.15) is 0 Å². The minimum absolute atomic E-state index is 0.0714. The summed E-state index contributed by atoms with van der Waals surface area (Å²) in [6, 6.07) is 5.67. The third-order valence-corrected chi connectivity index (χ3v) is 4.03. The Hall–Kier alpha value is -1.66. The highest BCUT2D eigenvalue weighted by Gasteiger charge is 2.17. The molecule has 0 bridgehead atoms. The van der Waals surface area contributed by atoms with Crippen molar-refractivity contribution in [3.8, 4) is 0 Å². The Morgan fingerprint density at radius 2 is 2.21 bits per heavy atom. The zero-order valence-corrected chi connectivity index (χ0v) is 11.5. The van der Waals surface area contributed by atoms with Crippen LogP contribution in [0, 0.1) is 0 Å². The molecule has 0 aliphatic carbocycles. The minimum Gasteiger partial charge on any atom is -0.481 e. The van der Waals surface area contributed by atoms with Gasteiger partial charge in [-0.15, -0.1) is 6.58 Å². The molecule has 1 unspecified atom stereocenters. The summed E-state index contributed by atoms with van der Waals surface area (Å²) in [6.45, 7) is 5.29. The zero-order chi connectivity index (χ0) is 14.5. The van der Waals surface area contributed by atoms with Crippen molar-refractivity contribution in [2.75, 3.05) is 0 Å². The maximum absolute atomic E-state index is 12.1. The summed E-state index contributed by atoms with van der Waals surface area (Å²) in [4.78, 5) is 10.7. The van der Waals surface area contributed by atoms with Gasteiger partial charge < -0.3 is 5.11 Å². The van der Waals surface area contributed by atoms with E-state index in [9.17, 15) is 13.2 Å². The van der Waals surface area contributed by atoms with Crippen molar-refractivity contribution in [2.45, 2.75) is 30.7 Å². The van der Waals surface area contributed by atoms with E-state index in [1.165, 1.54) is 18.2 Å². The summed E-state index contributed by atoms with van der Waals surface area (Å²) in [6.07, 6.45) is 1.95. The maximum atomic E-state index is 12.1. The number of nitrogens with one attached hydrogen (secondary N) is 1. The first-order chi connectivity index (χ1) is 8.85. The first-order valence-electron chi connectivity index (χ1n) is 5.79. The second-order valence-corrected chi connectivity index (χ2v) is 5.98. The molecule has 0 spiro atoms. The van der Waals surface area contributed by atoms with E-state index in [-0.39, 0.29) is 17.4 Å². The number of rotatable bonds is 7. The average Bonchev–Trinajstić information content (AvgIpc) is 2.28. The van der Waals surface area contributed by atoms with E-state index >= 15 is 0 Å². The van der Waals surface area contributed by atoms with Gasteiger partial charge in [-0.2, -0.15) is 0 Å².